The van der Waals surface area contributed by atoms with Crippen LogP contribution in [-0.2, 0) is 48.2 Å². The topological polar surface area (TPSA) is 75.6 Å². The second-order valence-corrected chi connectivity index (χ2v) is 15.5. The van der Waals surface area contributed by atoms with Crippen LogP contribution < -0.4 is 0 Å². The predicted octanol–water partition coefficient (Wildman–Crippen LogP) is 7.88. The minimum absolute atomic E-state index is 0.248. The highest BCUT2D eigenvalue weighted by molar-refractivity contribution is 5.15. The molecule has 270 valence electrons. The van der Waals surface area contributed by atoms with Gasteiger partial charge in [0.2, 0.25) is 0 Å². The van der Waals surface area contributed by atoms with E-state index in [1.165, 1.54) is 38.5 Å². The molecular weight excluding hydrogens is 628 g/mol. The summed E-state index contributed by atoms with van der Waals surface area (Å²) in [5, 5.41) is 11.3. The lowest BCUT2D eigenvalue weighted by Crippen LogP contribution is -2.61. The number of aliphatic hydroxyl groups excluding tert-OH is 1. The highest BCUT2D eigenvalue weighted by atomic mass is 16.7. The first-order valence-corrected chi connectivity index (χ1v) is 19.1. The van der Waals surface area contributed by atoms with Crippen molar-refractivity contribution in [3.8, 4) is 0 Å². The predicted molar refractivity (Wildman–Crippen MR) is 192 cm³/mol. The van der Waals surface area contributed by atoms with E-state index in [0.717, 1.165) is 66.9 Å². The second kappa shape index (κ2) is 17.7. The van der Waals surface area contributed by atoms with Crippen molar-refractivity contribution in [2.75, 3.05) is 26.4 Å². The number of hydrogen-bond acceptors (Lipinski definition) is 7. The van der Waals surface area contributed by atoms with Crippen molar-refractivity contribution >= 4 is 0 Å². The van der Waals surface area contributed by atoms with E-state index >= 15 is 0 Å². The van der Waals surface area contributed by atoms with Gasteiger partial charge in [0.25, 0.3) is 0 Å². The molecule has 4 aliphatic carbocycles. The summed E-state index contributed by atoms with van der Waals surface area (Å²) >= 11 is 0. The molecule has 4 saturated carbocycles. The monoisotopic (exact) mass is 684 g/mol. The SMILES string of the molecule is OC1O[C@H](COCc2ccccc2)[C@@H](OCc2ccccc2)[C@H](OCCCCCOCC23CC4CC(CC(C4)C2)C3)[C@H]1OCc1ccccc1. The summed E-state index contributed by atoms with van der Waals surface area (Å²) in [6.07, 6.45) is 7.98. The molecule has 1 aliphatic heterocycles. The van der Waals surface area contributed by atoms with Crippen LogP contribution in [-0.4, -0.2) is 62.2 Å². The number of rotatable bonds is 19. The largest absolute Gasteiger partial charge is 0.381 e. The van der Waals surface area contributed by atoms with Gasteiger partial charge >= 0.3 is 0 Å². The van der Waals surface area contributed by atoms with E-state index in [4.69, 9.17) is 28.4 Å². The number of benzene rings is 3. The fourth-order valence-corrected chi connectivity index (χ4v) is 9.46. The van der Waals surface area contributed by atoms with Gasteiger partial charge in [0.05, 0.1) is 33.0 Å². The third-order valence-corrected chi connectivity index (χ3v) is 11.4. The normalized spacial score (nSPS) is 31.6. The summed E-state index contributed by atoms with van der Waals surface area (Å²) in [5.41, 5.74) is 3.61. The van der Waals surface area contributed by atoms with Crippen molar-refractivity contribution in [1.82, 2.24) is 0 Å². The first-order chi connectivity index (χ1) is 24.6. The van der Waals surface area contributed by atoms with Gasteiger partial charge in [-0.25, -0.2) is 0 Å². The van der Waals surface area contributed by atoms with Crippen LogP contribution in [0, 0.1) is 23.2 Å². The Kier molecular flexibility index (Phi) is 12.7. The first-order valence-electron chi connectivity index (χ1n) is 19.1. The van der Waals surface area contributed by atoms with E-state index in [0.29, 0.717) is 31.8 Å². The third kappa shape index (κ3) is 9.62. The van der Waals surface area contributed by atoms with Crippen molar-refractivity contribution in [1.29, 1.82) is 0 Å². The Bertz CT molecular complexity index is 1370. The molecule has 50 heavy (non-hydrogen) atoms. The van der Waals surface area contributed by atoms with Crippen LogP contribution >= 0.6 is 0 Å². The van der Waals surface area contributed by atoms with Gasteiger partial charge in [0, 0.05) is 13.2 Å². The summed E-state index contributed by atoms with van der Waals surface area (Å²) in [5.74, 6) is 2.88. The average molecular weight is 685 g/mol. The molecule has 0 radical (unpaired) electrons. The minimum Gasteiger partial charge on any atom is -0.381 e. The van der Waals surface area contributed by atoms with Crippen molar-refractivity contribution in [3.63, 3.8) is 0 Å². The summed E-state index contributed by atoms with van der Waals surface area (Å²) < 4.78 is 38.3. The molecule has 4 bridgehead atoms. The van der Waals surface area contributed by atoms with Crippen LogP contribution in [0.3, 0.4) is 0 Å². The molecule has 5 aliphatic rings. The molecule has 5 atom stereocenters. The highest BCUT2D eigenvalue weighted by Gasteiger charge is 2.51. The fourth-order valence-electron chi connectivity index (χ4n) is 9.46. The average Bonchev–Trinajstić information content (AvgIpc) is 3.13. The highest BCUT2D eigenvalue weighted by Crippen LogP contribution is 2.60. The molecule has 0 aromatic heterocycles. The van der Waals surface area contributed by atoms with E-state index < -0.39 is 30.7 Å². The van der Waals surface area contributed by atoms with Crippen molar-refractivity contribution in [2.24, 2.45) is 23.2 Å². The summed E-state index contributed by atoms with van der Waals surface area (Å²) in [6, 6.07) is 30.1. The van der Waals surface area contributed by atoms with Gasteiger partial charge in [0.15, 0.2) is 6.29 Å². The smallest absolute Gasteiger partial charge is 0.184 e. The molecule has 0 amide bonds. The van der Waals surface area contributed by atoms with Gasteiger partial charge in [-0.3, -0.25) is 0 Å². The fraction of sp³-hybridized carbons (Fsp3) is 0.581. The quantitative estimate of drug-likeness (QED) is 0.129. The molecule has 8 rings (SSSR count). The molecule has 0 spiro atoms. The number of ether oxygens (including phenoxy) is 6. The lowest BCUT2D eigenvalue weighted by atomic mass is 9.50. The molecule has 7 nitrogen and oxygen atoms in total. The zero-order valence-electron chi connectivity index (χ0n) is 29.5. The van der Waals surface area contributed by atoms with Gasteiger partial charge in [0.1, 0.15) is 24.4 Å². The molecule has 1 N–H and O–H groups in total. The van der Waals surface area contributed by atoms with Gasteiger partial charge in [-0.15, -0.1) is 0 Å². The minimum atomic E-state index is -1.19. The number of hydrogen-bond donors (Lipinski definition) is 1. The maximum atomic E-state index is 11.3. The van der Waals surface area contributed by atoms with Crippen LogP contribution in [0.4, 0.5) is 0 Å². The van der Waals surface area contributed by atoms with E-state index in [-0.39, 0.29) is 6.61 Å². The summed E-state index contributed by atoms with van der Waals surface area (Å²) in [4.78, 5) is 0. The van der Waals surface area contributed by atoms with Gasteiger partial charge < -0.3 is 33.5 Å². The van der Waals surface area contributed by atoms with Gasteiger partial charge in [-0.2, -0.15) is 0 Å². The van der Waals surface area contributed by atoms with Crippen LogP contribution in [0.1, 0.15) is 74.5 Å². The zero-order valence-corrected chi connectivity index (χ0v) is 29.5. The van der Waals surface area contributed by atoms with E-state index in [1.807, 2.05) is 91.0 Å². The molecule has 1 saturated heterocycles. The Balaban J connectivity index is 0.953. The van der Waals surface area contributed by atoms with Crippen LogP contribution in [0.15, 0.2) is 91.0 Å². The Hall–Kier alpha value is -2.62. The summed E-state index contributed by atoms with van der Waals surface area (Å²) in [7, 11) is 0. The van der Waals surface area contributed by atoms with Gasteiger partial charge in [-0.05, 0) is 97.6 Å². The van der Waals surface area contributed by atoms with Crippen molar-refractivity contribution < 1.29 is 33.5 Å². The lowest BCUT2D eigenvalue weighted by molar-refractivity contribution is -0.315. The molecule has 3 aromatic carbocycles. The molecule has 1 heterocycles. The maximum Gasteiger partial charge on any atom is 0.184 e. The molecular formula is C43H56O7. The number of aliphatic hydroxyl groups is 1. The van der Waals surface area contributed by atoms with E-state index in [1.54, 1.807) is 0 Å². The van der Waals surface area contributed by atoms with Crippen molar-refractivity contribution in [2.45, 2.75) is 108 Å². The standard InChI is InChI=1S/C43H56O7/c44-42-41(49-29-34-17-9-3-10-18-34)40(47-20-12-4-11-19-45-31-43-24-35-21-36(25-43)23-37(22-35)26-43)39(48-28-33-15-7-2-8-16-33)38(50-42)30-46-27-32-13-5-1-6-14-32/h1-3,5-10,13-18,35-42,44H,4,11-12,19-31H2/t35?,36?,37?,38-,39-,40+,41-,42?,43?/m1/s1. The summed E-state index contributed by atoms with van der Waals surface area (Å²) in [6.45, 7) is 3.68. The molecule has 5 fully saturated rings. The van der Waals surface area contributed by atoms with Crippen molar-refractivity contribution in [3.05, 3.63) is 108 Å². The van der Waals surface area contributed by atoms with Crippen LogP contribution in [0.25, 0.3) is 0 Å². The molecule has 3 aromatic rings. The first kappa shape index (κ1) is 35.8. The Morgan fingerprint density at radius 2 is 1.08 bits per heavy atom. The molecule has 1 unspecified atom stereocenters. The van der Waals surface area contributed by atoms with Gasteiger partial charge in [-0.1, -0.05) is 91.0 Å². The number of unbranched alkanes of at least 4 members (excludes halogenated alkanes) is 2. The Labute approximate surface area is 298 Å². The van der Waals surface area contributed by atoms with E-state index in [9.17, 15) is 5.11 Å². The Morgan fingerprint density at radius 3 is 1.66 bits per heavy atom. The Morgan fingerprint density at radius 1 is 0.560 bits per heavy atom. The lowest BCUT2D eigenvalue weighted by Gasteiger charge is -2.56. The molecule has 7 heteroatoms. The maximum absolute atomic E-state index is 11.3. The van der Waals surface area contributed by atoms with Crippen LogP contribution in [0.2, 0.25) is 0 Å². The zero-order chi connectivity index (χ0) is 34.0. The van der Waals surface area contributed by atoms with Crippen LogP contribution in [0.5, 0.6) is 0 Å². The second-order valence-electron chi connectivity index (χ2n) is 15.5. The third-order valence-electron chi connectivity index (χ3n) is 11.4. The van der Waals surface area contributed by atoms with E-state index in [2.05, 4.69) is 0 Å².